The summed E-state index contributed by atoms with van der Waals surface area (Å²) in [5, 5.41) is 3.89. The number of aryl methyl sites for hydroxylation is 1. The summed E-state index contributed by atoms with van der Waals surface area (Å²) in [6.07, 6.45) is 4.30. The molecule has 1 N–H and O–H groups in total. The van der Waals surface area contributed by atoms with E-state index in [-0.39, 0.29) is 12.1 Å². The Morgan fingerprint density at radius 2 is 2.26 bits per heavy atom. The van der Waals surface area contributed by atoms with Gasteiger partial charge in [-0.3, -0.25) is 14.3 Å². The molecule has 0 spiro atoms. The maximum Gasteiger partial charge on any atom is 0.328 e. The Morgan fingerprint density at radius 3 is 2.95 bits per heavy atom. The van der Waals surface area contributed by atoms with Gasteiger partial charge >= 0.3 is 5.69 Å². The third-order valence-corrected chi connectivity index (χ3v) is 3.20. The van der Waals surface area contributed by atoms with Crippen LogP contribution in [0.4, 0.5) is 0 Å². The molecule has 0 saturated heterocycles. The molecule has 0 atom stereocenters. The molecule has 0 aliphatic heterocycles. The Kier molecular flexibility index (Phi) is 2.81. The number of aromatic nitrogens is 4. The highest BCUT2D eigenvalue weighted by atomic mass is 16.5. The summed E-state index contributed by atoms with van der Waals surface area (Å²) >= 11 is 0. The van der Waals surface area contributed by atoms with Gasteiger partial charge in [-0.25, -0.2) is 4.79 Å². The minimum absolute atomic E-state index is 0.183. The van der Waals surface area contributed by atoms with Gasteiger partial charge in [-0.15, -0.1) is 0 Å². The zero-order chi connectivity index (χ0) is 13.4. The SMILES string of the molecule is CCc1cn(Cc2nc(C3CC3)no2)c(=O)[nH]c1=O. The van der Waals surface area contributed by atoms with Crippen molar-refractivity contribution in [1.29, 1.82) is 0 Å². The molecule has 1 saturated carbocycles. The molecule has 2 aromatic heterocycles. The van der Waals surface area contributed by atoms with E-state index in [1.807, 2.05) is 6.92 Å². The molecule has 0 aromatic carbocycles. The predicted octanol–water partition coefficient (Wildman–Crippen LogP) is 0.408. The Balaban J connectivity index is 1.89. The Hall–Kier alpha value is -2.18. The standard InChI is InChI=1S/C12H14N4O3/c1-2-7-5-16(12(18)14-11(7)17)6-9-13-10(15-19-9)8-3-4-8/h5,8H,2-4,6H2,1H3,(H,14,17,18). The first-order valence-electron chi connectivity index (χ1n) is 6.32. The summed E-state index contributed by atoms with van der Waals surface area (Å²) < 4.78 is 6.50. The molecule has 1 aliphatic carbocycles. The van der Waals surface area contributed by atoms with E-state index in [0.29, 0.717) is 29.6 Å². The summed E-state index contributed by atoms with van der Waals surface area (Å²) in [6, 6.07) is 0. The zero-order valence-electron chi connectivity index (χ0n) is 10.5. The molecule has 1 fully saturated rings. The summed E-state index contributed by atoms with van der Waals surface area (Å²) in [5.41, 5.74) is -0.247. The van der Waals surface area contributed by atoms with Crippen molar-refractivity contribution >= 4 is 0 Å². The topological polar surface area (TPSA) is 93.8 Å². The Bertz CT molecular complexity index is 708. The smallest absolute Gasteiger partial charge is 0.328 e. The van der Waals surface area contributed by atoms with Crippen LogP contribution in [0, 0.1) is 0 Å². The number of nitrogens with one attached hydrogen (secondary N) is 1. The van der Waals surface area contributed by atoms with Crippen LogP contribution in [0.3, 0.4) is 0 Å². The van der Waals surface area contributed by atoms with Gasteiger partial charge in [-0.2, -0.15) is 4.98 Å². The van der Waals surface area contributed by atoms with Crippen molar-refractivity contribution in [1.82, 2.24) is 19.7 Å². The molecular weight excluding hydrogens is 248 g/mol. The van der Waals surface area contributed by atoms with Crippen LogP contribution in [-0.2, 0) is 13.0 Å². The maximum atomic E-state index is 11.7. The Morgan fingerprint density at radius 1 is 1.47 bits per heavy atom. The number of aromatic amines is 1. The quantitative estimate of drug-likeness (QED) is 0.861. The fourth-order valence-corrected chi connectivity index (χ4v) is 1.91. The molecule has 7 heteroatoms. The van der Waals surface area contributed by atoms with E-state index in [0.717, 1.165) is 12.8 Å². The fraction of sp³-hybridized carbons (Fsp3) is 0.500. The molecule has 0 unspecified atom stereocenters. The summed E-state index contributed by atoms with van der Waals surface area (Å²) in [4.78, 5) is 29.7. The van der Waals surface area contributed by atoms with Crippen LogP contribution >= 0.6 is 0 Å². The number of H-pyrrole nitrogens is 1. The van der Waals surface area contributed by atoms with Crippen LogP contribution in [0.2, 0.25) is 0 Å². The highest BCUT2D eigenvalue weighted by molar-refractivity contribution is 5.06. The molecule has 0 amide bonds. The minimum atomic E-state index is -0.464. The van der Waals surface area contributed by atoms with Gasteiger partial charge in [0.25, 0.3) is 5.56 Å². The van der Waals surface area contributed by atoms with Gasteiger partial charge in [-0.05, 0) is 19.3 Å². The summed E-state index contributed by atoms with van der Waals surface area (Å²) in [6.45, 7) is 2.04. The van der Waals surface area contributed by atoms with Crippen LogP contribution in [0.5, 0.6) is 0 Å². The van der Waals surface area contributed by atoms with Gasteiger partial charge in [0.1, 0.15) is 6.54 Å². The molecule has 0 bridgehead atoms. The molecule has 2 heterocycles. The van der Waals surface area contributed by atoms with Crippen molar-refractivity contribution in [3.8, 4) is 0 Å². The van der Waals surface area contributed by atoms with Crippen LogP contribution < -0.4 is 11.2 Å². The molecular formula is C12H14N4O3. The van der Waals surface area contributed by atoms with E-state index < -0.39 is 5.69 Å². The highest BCUT2D eigenvalue weighted by Crippen LogP contribution is 2.38. The van der Waals surface area contributed by atoms with Crippen molar-refractivity contribution in [2.45, 2.75) is 38.6 Å². The van der Waals surface area contributed by atoms with Crippen LogP contribution in [0.25, 0.3) is 0 Å². The second kappa shape index (κ2) is 4.49. The molecule has 0 radical (unpaired) electrons. The van der Waals surface area contributed by atoms with Crippen LogP contribution in [0.15, 0.2) is 20.3 Å². The van der Waals surface area contributed by atoms with Crippen LogP contribution in [0.1, 0.15) is 43.0 Å². The van der Waals surface area contributed by atoms with Crippen molar-refractivity contribution < 1.29 is 4.52 Å². The third-order valence-electron chi connectivity index (χ3n) is 3.20. The summed E-state index contributed by atoms with van der Waals surface area (Å²) in [7, 11) is 0. The highest BCUT2D eigenvalue weighted by Gasteiger charge is 2.28. The van der Waals surface area contributed by atoms with Crippen molar-refractivity contribution in [2.75, 3.05) is 0 Å². The van der Waals surface area contributed by atoms with Gasteiger partial charge in [0.15, 0.2) is 5.82 Å². The van der Waals surface area contributed by atoms with E-state index in [4.69, 9.17) is 4.52 Å². The lowest BCUT2D eigenvalue weighted by Gasteiger charge is -2.03. The van der Waals surface area contributed by atoms with Gasteiger partial charge in [0, 0.05) is 17.7 Å². The molecule has 19 heavy (non-hydrogen) atoms. The van der Waals surface area contributed by atoms with E-state index in [2.05, 4.69) is 15.1 Å². The van der Waals surface area contributed by atoms with E-state index in [1.165, 1.54) is 4.57 Å². The first-order valence-corrected chi connectivity index (χ1v) is 6.32. The normalized spacial score (nSPS) is 14.8. The maximum absolute atomic E-state index is 11.7. The van der Waals surface area contributed by atoms with Crippen LogP contribution in [-0.4, -0.2) is 19.7 Å². The first kappa shape index (κ1) is 11.9. The van der Waals surface area contributed by atoms with Gasteiger partial charge in [0.05, 0.1) is 0 Å². The number of hydrogen-bond donors (Lipinski definition) is 1. The first-order chi connectivity index (χ1) is 9.17. The van der Waals surface area contributed by atoms with Crippen molar-refractivity contribution in [2.24, 2.45) is 0 Å². The Labute approximate surface area is 108 Å². The van der Waals surface area contributed by atoms with Crippen molar-refractivity contribution in [3.63, 3.8) is 0 Å². The van der Waals surface area contributed by atoms with Gasteiger partial charge < -0.3 is 4.52 Å². The number of nitrogens with zero attached hydrogens (tertiary/aromatic N) is 3. The van der Waals surface area contributed by atoms with Crippen molar-refractivity contribution in [3.05, 3.63) is 44.3 Å². The lowest BCUT2D eigenvalue weighted by atomic mass is 10.3. The second-order valence-corrected chi connectivity index (χ2v) is 4.72. The van der Waals surface area contributed by atoms with Gasteiger partial charge in [0.2, 0.25) is 5.89 Å². The fourth-order valence-electron chi connectivity index (χ4n) is 1.91. The monoisotopic (exact) mass is 262 g/mol. The third kappa shape index (κ3) is 2.35. The lowest BCUT2D eigenvalue weighted by Crippen LogP contribution is -2.31. The number of hydrogen-bond acceptors (Lipinski definition) is 5. The van der Waals surface area contributed by atoms with E-state index in [1.54, 1.807) is 6.20 Å². The lowest BCUT2D eigenvalue weighted by molar-refractivity contribution is 0.364. The second-order valence-electron chi connectivity index (χ2n) is 4.72. The molecule has 1 aliphatic rings. The minimum Gasteiger partial charge on any atom is -0.337 e. The largest absolute Gasteiger partial charge is 0.337 e. The average molecular weight is 262 g/mol. The van der Waals surface area contributed by atoms with E-state index in [9.17, 15) is 9.59 Å². The molecule has 3 rings (SSSR count). The molecule has 7 nitrogen and oxygen atoms in total. The number of rotatable bonds is 4. The molecule has 100 valence electrons. The zero-order valence-corrected chi connectivity index (χ0v) is 10.5. The summed E-state index contributed by atoms with van der Waals surface area (Å²) in [5.74, 6) is 1.51. The predicted molar refractivity (Wildman–Crippen MR) is 66.1 cm³/mol. The average Bonchev–Trinajstić information content (AvgIpc) is 3.13. The molecule has 2 aromatic rings. The van der Waals surface area contributed by atoms with Gasteiger partial charge in [-0.1, -0.05) is 12.1 Å². The van der Waals surface area contributed by atoms with E-state index >= 15 is 0 Å².